The van der Waals surface area contributed by atoms with Crippen LogP contribution in [0.5, 0.6) is 0 Å². The molecule has 6 heteroatoms. The van der Waals surface area contributed by atoms with Gasteiger partial charge in [0, 0.05) is 19.1 Å². The molecule has 0 aromatic heterocycles. The molecule has 0 saturated heterocycles. The van der Waals surface area contributed by atoms with Gasteiger partial charge in [-0.2, -0.15) is 4.31 Å². The molecule has 0 unspecified atom stereocenters. The highest BCUT2D eigenvalue weighted by Crippen LogP contribution is 2.31. The zero-order valence-electron chi connectivity index (χ0n) is 18.9. The minimum Gasteiger partial charge on any atom is -0.342 e. The zero-order chi connectivity index (χ0) is 21.8. The van der Waals surface area contributed by atoms with Crippen LogP contribution in [0, 0.1) is 5.92 Å². The van der Waals surface area contributed by atoms with Gasteiger partial charge in [-0.25, -0.2) is 8.42 Å². The second-order valence-electron chi connectivity index (χ2n) is 9.30. The van der Waals surface area contributed by atoms with Crippen LogP contribution in [0.3, 0.4) is 0 Å². The highest BCUT2D eigenvalue weighted by molar-refractivity contribution is 7.89. The summed E-state index contributed by atoms with van der Waals surface area (Å²) in [6, 6.07) is 7.05. The molecule has 1 fully saturated rings. The smallest absolute Gasteiger partial charge is 0.243 e. The number of nitrogens with zero attached hydrogens (tertiary/aromatic N) is 2. The molecular weight excluding hydrogens is 384 g/mol. The highest BCUT2D eigenvalue weighted by Gasteiger charge is 2.35. The van der Waals surface area contributed by atoms with E-state index in [9.17, 15) is 13.2 Å². The molecule has 1 aliphatic carbocycles. The number of hydrogen-bond acceptors (Lipinski definition) is 3. The summed E-state index contributed by atoms with van der Waals surface area (Å²) in [6.07, 6.45) is 3.62. The Bertz CT molecular complexity index is 769. The standard InChI is InChI=1S/C23H38N2O3S/c1-7-24(8-2)22(26)17-25(20-13-9-18(3)10-14-20)29(27,28)21-15-11-19(12-16-21)23(4,5)6/h11-12,15-16,18,20H,7-10,13-14,17H2,1-6H3. The van der Waals surface area contributed by atoms with Gasteiger partial charge in [-0.3, -0.25) is 4.79 Å². The minimum absolute atomic E-state index is 0.0415. The molecule has 1 saturated carbocycles. The number of amides is 1. The SMILES string of the molecule is CCN(CC)C(=O)CN(C1CCC(C)CC1)S(=O)(=O)c1ccc(C(C)(C)C)cc1. The maximum absolute atomic E-state index is 13.6. The fourth-order valence-corrected chi connectivity index (χ4v) is 5.65. The van der Waals surface area contributed by atoms with Gasteiger partial charge in [0.2, 0.25) is 15.9 Å². The van der Waals surface area contributed by atoms with Gasteiger partial charge in [0.05, 0.1) is 11.4 Å². The molecule has 0 N–H and O–H groups in total. The number of carbonyl (C=O) groups is 1. The van der Waals surface area contributed by atoms with Gasteiger partial charge in [-0.15, -0.1) is 0 Å². The van der Waals surface area contributed by atoms with E-state index in [-0.39, 0.29) is 28.8 Å². The number of carbonyl (C=O) groups excluding carboxylic acids is 1. The van der Waals surface area contributed by atoms with E-state index in [4.69, 9.17) is 0 Å². The first-order chi connectivity index (χ1) is 13.5. The van der Waals surface area contributed by atoms with Crippen molar-refractivity contribution in [1.82, 2.24) is 9.21 Å². The lowest BCUT2D eigenvalue weighted by atomic mass is 9.87. The maximum Gasteiger partial charge on any atom is 0.243 e. The normalized spacial score (nSPS) is 20.7. The molecule has 0 spiro atoms. The van der Waals surface area contributed by atoms with Crippen LogP contribution in [0.25, 0.3) is 0 Å². The number of rotatable bonds is 7. The summed E-state index contributed by atoms with van der Waals surface area (Å²) in [5.41, 5.74) is 1.05. The van der Waals surface area contributed by atoms with Crippen molar-refractivity contribution in [3.05, 3.63) is 29.8 Å². The Morgan fingerprint density at radius 2 is 1.52 bits per heavy atom. The molecular formula is C23H38N2O3S. The van der Waals surface area contributed by atoms with Crippen LogP contribution < -0.4 is 0 Å². The van der Waals surface area contributed by atoms with Gasteiger partial charge in [0.25, 0.3) is 0 Å². The third kappa shape index (κ3) is 5.82. The van der Waals surface area contributed by atoms with E-state index in [0.29, 0.717) is 19.0 Å². The average Bonchev–Trinajstić information content (AvgIpc) is 2.67. The summed E-state index contributed by atoms with van der Waals surface area (Å²) in [5, 5.41) is 0. The number of benzene rings is 1. The summed E-state index contributed by atoms with van der Waals surface area (Å²) < 4.78 is 28.6. The Hall–Kier alpha value is -1.40. The molecule has 1 aromatic carbocycles. The summed E-state index contributed by atoms with van der Waals surface area (Å²) in [4.78, 5) is 14.8. The summed E-state index contributed by atoms with van der Waals surface area (Å²) in [6.45, 7) is 13.5. The highest BCUT2D eigenvalue weighted by atomic mass is 32.2. The van der Waals surface area contributed by atoms with Crippen molar-refractivity contribution in [2.45, 2.75) is 83.6 Å². The molecule has 0 bridgehead atoms. The van der Waals surface area contributed by atoms with E-state index in [1.807, 2.05) is 26.0 Å². The van der Waals surface area contributed by atoms with Crippen molar-refractivity contribution in [2.75, 3.05) is 19.6 Å². The van der Waals surface area contributed by atoms with Crippen molar-refractivity contribution in [1.29, 1.82) is 0 Å². The second-order valence-corrected chi connectivity index (χ2v) is 11.2. The lowest BCUT2D eigenvalue weighted by Crippen LogP contribution is -2.48. The van der Waals surface area contributed by atoms with Crippen LogP contribution in [-0.2, 0) is 20.2 Å². The van der Waals surface area contributed by atoms with E-state index in [1.54, 1.807) is 17.0 Å². The lowest BCUT2D eigenvalue weighted by molar-refractivity contribution is -0.131. The summed E-state index contributed by atoms with van der Waals surface area (Å²) in [5.74, 6) is 0.490. The van der Waals surface area contributed by atoms with E-state index in [2.05, 4.69) is 27.7 Å². The van der Waals surface area contributed by atoms with Gasteiger partial charge >= 0.3 is 0 Å². The molecule has 1 aliphatic rings. The van der Waals surface area contributed by atoms with Crippen molar-refractivity contribution in [3.63, 3.8) is 0 Å². The fraction of sp³-hybridized carbons (Fsp3) is 0.696. The van der Waals surface area contributed by atoms with Crippen molar-refractivity contribution in [3.8, 4) is 0 Å². The largest absolute Gasteiger partial charge is 0.342 e. The quantitative estimate of drug-likeness (QED) is 0.653. The molecule has 0 atom stereocenters. The summed E-state index contributed by atoms with van der Waals surface area (Å²) in [7, 11) is -3.74. The first-order valence-corrected chi connectivity index (χ1v) is 12.3. The van der Waals surface area contributed by atoms with Crippen LogP contribution >= 0.6 is 0 Å². The number of hydrogen-bond donors (Lipinski definition) is 0. The van der Waals surface area contributed by atoms with Gasteiger partial charge in [-0.1, -0.05) is 39.8 Å². The molecule has 1 amide bonds. The van der Waals surface area contributed by atoms with Crippen molar-refractivity contribution in [2.24, 2.45) is 5.92 Å². The van der Waals surface area contributed by atoms with Crippen LogP contribution in [0.1, 0.15) is 72.8 Å². The van der Waals surface area contributed by atoms with Gasteiger partial charge in [-0.05, 0) is 68.6 Å². The fourth-order valence-electron chi connectivity index (χ4n) is 4.01. The predicted molar refractivity (Wildman–Crippen MR) is 118 cm³/mol. The van der Waals surface area contributed by atoms with Crippen molar-refractivity contribution >= 4 is 15.9 Å². The molecule has 0 aliphatic heterocycles. The van der Waals surface area contributed by atoms with Crippen LogP contribution in [0.2, 0.25) is 0 Å². The molecule has 2 rings (SSSR count). The third-order valence-corrected chi connectivity index (χ3v) is 8.04. The molecule has 0 radical (unpaired) electrons. The Morgan fingerprint density at radius 3 is 1.97 bits per heavy atom. The molecule has 164 valence electrons. The van der Waals surface area contributed by atoms with E-state index >= 15 is 0 Å². The van der Waals surface area contributed by atoms with Crippen LogP contribution in [0.4, 0.5) is 0 Å². The maximum atomic E-state index is 13.6. The van der Waals surface area contributed by atoms with E-state index in [1.165, 1.54) is 4.31 Å². The molecule has 29 heavy (non-hydrogen) atoms. The average molecular weight is 423 g/mol. The Kier molecular flexibility index (Phi) is 7.91. The third-order valence-electron chi connectivity index (χ3n) is 6.13. The van der Waals surface area contributed by atoms with Gasteiger partial charge in [0.1, 0.15) is 0 Å². The van der Waals surface area contributed by atoms with Gasteiger partial charge in [0.15, 0.2) is 0 Å². The van der Waals surface area contributed by atoms with Crippen LogP contribution in [0.15, 0.2) is 29.2 Å². The first-order valence-electron chi connectivity index (χ1n) is 10.9. The van der Waals surface area contributed by atoms with Gasteiger partial charge < -0.3 is 4.90 Å². The van der Waals surface area contributed by atoms with E-state index < -0.39 is 10.0 Å². The second kappa shape index (κ2) is 9.61. The zero-order valence-corrected chi connectivity index (χ0v) is 19.8. The Labute approximate surface area is 177 Å². The Morgan fingerprint density at radius 1 is 1.00 bits per heavy atom. The number of likely N-dealkylation sites (N-methyl/N-ethyl adjacent to an activating group) is 1. The van der Waals surface area contributed by atoms with Crippen molar-refractivity contribution < 1.29 is 13.2 Å². The summed E-state index contributed by atoms with van der Waals surface area (Å²) >= 11 is 0. The molecule has 1 aromatic rings. The topological polar surface area (TPSA) is 57.7 Å². The predicted octanol–water partition coefficient (Wildman–Crippen LogP) is 4.42. The molecule has 5 nitrogen and oxygen atoms in total. The first kappa shape index (κ1) is 23.9. The Balaban J connectivity index is 2.36. The monoisotopic (exact) mass is 422 g/mol. The minimum atomic E-state index is -3.74. The molecule has 0 heterocycles. The number of sulfonamides is 1. The van der Waals surface area contributed by atoms with E-state index in [0.717, 1.165) is 31.2 Å². The lowest BCUT2D eigenvalue weighted by Gasteiger charge is -2.36. The van der Waals surface area contributed by atoms with Crippen LogP contribution in [-0.4, -0.2) is 49.2 Å².